The van der Waals surface area contributed by atoms with Gasteiger partial charge in [0.2, 0.25) is 0 Å². The number of rotatable bonds is 6. The lowest BCUT2D eigenvalue weighted by atomic mass is 9.95. The molecule has 8 nitrogen and oxygen atoms in total. The molecular formula is C22H15N3O5S. The van der Waals surface area contributed by atoms with Gasteiger partial charge in [-0.2, -0.15) is 0 Å². The highest BCUT2D eigenvalue weighted by molar-refractivity contribution is 7.13. The number of nitro benzene ring substituents is 1. The van der Waals surface area contributed by atoms with E-state index in [9.17, 15) is 24.8 Å². The maximum atomic E-state index is 13.0. The second-order valence-corrected chi connectivity index (χ2v) is 7.48. The molecule has 0 saturated heterocycles. The number of allylic oxidation sites excluding steroid dienone is 1. The highest BCUT2D eigenvalue weighted by Gasteiger charge is 2.44. The molecule has 154 valence electrons. The zero-order valence-electron chi connectivity index (χ0n) is 15.9. The van der Waals surface area contributed by atoms with Crippen LogP contribution in [0.1, 0.15) is 17.2 Å². The van der Waals surface area contributed by atoms with Gasteiger partial charge in [0.25, 0.3) is 11.6 Å². The fraction of sp³-hybridized carbons (Fsp3) is 0.0455. The Bertz CT molecular complexity index is 1200. The molecule has 1 aliphatic rings. The summed E-state index contributed by atoms with van der Waals surface area (Å²) in [6.45, 7) is 0. The van der Waals surface area contributed by atoms with Gasteiger partial charge in [-0.15, -0.1) is 11.3 Å². The largest absolute Gasteiger partial charge is 0.503 e. The van der Waals surface area contributed by atoms with Crippen molar-refractivity contribution >= 4 is 39.9 Å². The van der Waals surface area contributed by atoms with Crippen LogP contribution in [0.3, 0.4) is 0 Å². The molecule has 1 N–H and O–H groups in total. The van der Waals surface area contributed by atoms with Crippen molar-refractivity contribution in [3.8, 4) is 0 Å². The molecule has 3 aromatic rings. The summed E-state index contributed by atoms with van der Waals surface area (Å²) in [6.07, 6.45) is 4.39. The Hall–Kier alpha value is -4.11. The first-order valence-corrected chi connectivity index (χ1v) is 10.0. The number of hydrogen-bond donors (Lipinski definition) is 1. The summed E-state index contributed by atoms with van der Waals surface area (Å²) < 4.78 is 0. The lowest BCUT2D eigenvalue weighted by molar-refractivity contribution is -0.384. The average molecular weight is 433 g/mol. The van der Waals surface area contributed by atoms with E-state index in [1.165, 1.54) is 52.8 Å². The minimum Gasteiger partial charge on any atom is -0.503 e. The SMILES string of the molecule is O=C(/C=C/c1ccccc1)C1=C(O)C(=O)N(c2nccs2)C1c1ccc([N+](=O)[O-])cc1. The Morgan fingerprint density at radius 2 is 1.87 bits per heavy atom. The number of benzene rings is 2. The van der Waals surface area contributed by atoms with Gasteiger partial charge in [-0.1, -0.05) is 36.4 Å². The number of carbonyl (C=O) groups excluding carboxylic acids is 2. The summed E-state index contributed by atoms with van der Waals surface area (Å²) in [7, 11) is 0. The van der Waals surface area contributed by atoms with Crippen LogP contribution in [0.5, 0.6) is 0 Å². The number of thiazole rings is 1. The summed E-state index contributed by atoms with van der Waals surface area (Å²) in [5, 5.41) is 23.5. The van der Waals surface area contributed by atoms with Gasteiger partial charge >= 0.3 is 0 Å². The standard InChI is InChI=1S/C22H15N3O5S/c26-17(11-6-14-4-2-1-3-5-14)18-19(15-7-9-16(10-8-15)25(29)30)24(21(28)20(18)27)22-23-12-13-31-22/h1-13,19,27H/b11-6+. The first kappa shape index (κ1) is 20.2. The van der Waals surface area contributed by atoms with Crippen LogP contribution in [0.25, 0.3) is 6.08 Å². The summed E-state index contributed by atoms with van der Waals surface area (Å²) in [6, 6.07) is 13.7. The number of carbonyl (C=O) groups is 2. The Labute approximate surface area is 180 Å². The number of nitro groups is 1. The molecule has 2 aromatic carbocycles. The lowest BCUT2D eigenvalue weighted by Crippen LogP contribution is -2.30. The molecule has 9 heteroatoms. The van der Waals surface area contributed by atoms with Crippen LogP contribution >= 0.6 is 11.3 Å². The topological polar surface area (TPSA) is 114 Å². The van der Waals surface area contributed by atoms with Gasteiger partial charge in [0, 0.05) is 23.7 Å². The molecule has 2 heterocycles. The second-order valence-electron chi connectivity index (χ2n) is 6.61. The highest BCUT2D eigenvalue weighted by Crippen LogP contribution is 2.42. The number of amides is 1. The number of aliphatic hydroxyl groups excluding tert-OH is 1. The molecule has 0 bridgehead atoms. The summed E-state index contributed by atoms with van der Waals surface area (Å²) >= 11 is 1.18. The van der Waals surface area contributed by atoms with E-state index in [1.807, 2.05) is 30.3 Å². The first-order chi connectivity index (χ1) is 15.0. The van der Waals surface area contributed by atoms with Crippen molar-refractivity contribution < 1.29 is 19.6 Å². The Morgan fingerprint density at radius 1 is 1.16 bits per heavy atom. The zero-order chi connectivity index (χ0) is 22.0. The van der Waals surface area contributed by atoms with Crippen LogP contribution < -0.4 is 4.90 Å². The molecule has 0 spiro atoms. The van der Waals surface area contributed by atoms with Crippen LogP contribution in [-0.4, -0.2) is 26.7 Å². The van der Waals surface area contributed by atoms with Gasteiger partial charge in [-0.05, 0) is 29.3 Å². The van der Waals surface area contributed by atoms with Crippen molar-refractivity contribution in [3.63, 3.8) is 0 Å². The van der Waals surface area contributed by atoms with Crippen LogP contribution in [0.2, 0.25) is 0 Å². The fourth-order valence-corrected chi connectivity index (χ4v) is 3.98. The normalized spacial score (nSPS) is 16.3. The third-order valence-corrected chi connectivity index (χ3v) is 5.52. The number of ketones is 1. The maximum absolute atomic E-state index is 13.0. The molecule has 31 heavy (non-hydrogen) atoms. The molecule has 0 saturated carbocycles. The summed E-state index contributed by atoms with van der Waals surface area (Å²) in [5.41, 5.74) is 0.985. The van der Waals surface area contributed by atoms with Crippen LogP contribution in [0.15, 0.2) is 83.6 Å². The number of non-ortho nitro benzene ring substituents is 1. The van der Waals surface area contributed by atoms with E-state index in [1.54, 1.807) is 11.5 Å². The summed E-state index contributed by atoms with van der Waals surface area (Å²) in [4.78, 5) is 41.7. The van der Waals surface area contributed by atoms with E-state index in [0.717, 1.165) is 5.56 Å². The van der Waals surface area contributed by atoms with Crippen molar-refractivity contribution in [2.45, 2.75) is 6.04 Å². The Balaban J connectivity index is 1.77. The number of aromatic nitrogens is 1. The molecule has 4 rings (SSSR count). The van der Waals surface area contributed by atoms with Gasteiger partial charge in [0.05, 0.1) is 16.5 Å². The zero-order valence-corrected chi connectivity index (χ0v) is 16.7. The number of aliphatic hydroxyl groups is 1. The van der Waals surface area contributed by atoms with Crippen molar-refractivity contribution in [2.75, 3.05) is 4.90 Å². The summed E-state index contributed by atoms with van der Waals surface area (Å²) in [5.74, 6) is -1.96. The van der Waals surface area contributed by atoms with Crippen molar-refractivity contribution in [3.05, 3.63) is 105 Å². The quantitative estimate of drug-likeness (QED) is 0.353. The van der Waals surface area contributed by atoms with Gasteiger partial charge in [-0.25, -0.2) is 4.98 Å². The van der Waals surface area contributed by atoms with E-state index >= 15 is 0 Å². The Morgan fingerprint density at radius 3 is 2.48 bits per heavy atom. The molecule has 1 amide bonds. The van der Waals surface area contributed by atoms with Gasteiger partial charge < -0.3 is 5.11 Å². The molecule has 1 unspecified atom stereocenters. The average Bonchev–Trinajstić information content (AvgIpc) is 3.40. The van der Waals surface area contributed by atoms with Crippen LogP contribution in [-0.2, 0) is 9.59 Å². The third kappa shape index (κ3) is 3.86. The predicted octanol–water partition coefficient (Wildman–Crippen LogP) is 4.23. The first-order valence-electron chi connectivity index (χ1n) is 9.15. The molecule has 0 aliphatic carbocycles. The minimum absolute atomic E-state index is 0.110. The molecule has 1 atom stereocenters. The highest BCUT2D eigenvalue weighted by atomic mass is 32.1. The van der Waals surface area contributed by atoms with Gasteiger partial charge in [-0.3, -0.25) is 24.6 Å². The maximum Gasteiger partial charge on any atom is 0.296 e. The van der Waals surface area contributed by atoms with Gasteiger partial charge in [0.15, 0.2) is 16.7 Å². The number of anilines is 1. The van der Waals surface area contributed by atoms with Gasteiger partial charge in [0.1, 0.15) is 0 Å². The number of hydrogen-bond acceptors (Lipinski definition) is 7. The third-order valence-electron chi connectivity index (χ3n) is 4.75. The number of nitrogens with zero attached hydrogens (tertiary/aromatic N) is 3. The van der Waals surface area contributed by atoms with E-state index in [0.29, 0.717) is 10.7 Å². The predicted molar refractivity (Wildman–Crippen MR) is 116 cm³/mol. The lowest BCUT2D eigenvalue weighted by Gasteiger charge is -2.24. The Kier molecular flexibility index (Phi) is 5.42. The second kappa shape index (κ2) is 8.33. The molecule has 0 radical (unpaired) electrons. The molecular weight excluding hydrogens is 418 g/mol. The fourth-order valence-electron chi connectivity index (χ4n) is 3.31. The van der Waals surface area contributed by atoms with Crippen LogP contribution in [0.4, 0.5) is 10.8 Å². The smallest absolute Gasteiger partial charge is 0.296 e. The monoisotopic (exact) mass is 433 g/mol. The van der Waals surface area contributed by atoms with Crippen molar-refractivity contribution in [1.29, 1.82) is 0 Å². The minimum atomic E-state index is -0.965. The van der Waals surface area contributed by atoms with Crippen molar-refractivity contribution in [2.24, 2.45) is 0 Å². The molecule has 1 aliphatic heterocycles. The molecule has 0 fully saturated rings. The van der Waals surface area contributed by atoms with E-state index in [4.69, 9.17) is 0 Å². The van der Waals surface area contributed by atoms with E-state index < -0.39 is 28.4 Å². The van der Waals surface area contributed by atoms with E-state index in [-0.39, 0.29) is 11.3 Å². The van der Waals surface area contributed by atoms with E-state index in [2.05, 4.69) is 4.98 Å². The molecule has 1 aromatic heterocycles. The van der Waals surface area contributed by atoms with Crippen molar-refractivity contribution in [1.82, 2.24) is 4.98 Å². The van der Waals surface area contributed by atoms with Crippen LogP contribution in [0, 0.1) is 10.1 Å².